The van der Waals surface area contributed by atoms with E-state index >= 15 is 0 Å². The van der Waals surface area contributed by atoms with E-state index in [2.05, 4.69) is 80.6 Å². The first kappa shape index (κ1) is 21.5. The minimum Gasteiger partial charge on any atom is -1.00 e. The maximum atomic E-state index is 3.60. The van der Waals surface area contributed by atoms with Crippen LogP contribution in [-0.2, 0) is 26.2 Å². The Kier molecular flexibility index (Phi) is 7.85. The van der Waals surface area contributed by atoms with Crippen molar-refractivity contribution in [3.05, 3.63) is 94.6 Å². The van der Waals surface area contributed by atoms with Crippen LogP contribution >= 0.6 is 0 Å². The summed E-state index contributed by atoms with van der Waals surface area (Å²) in [4.78, 5) is 0. The molecule has 4 rings (SSSR count). The topological polar surface area (TPSA) is 0 Å². The summed E-state index contributed by atoms with van der Waals surface area (Å²) < 4.78 is 0. The van der Waals surface area contributed by atoms with E-state index in [1.807, 2.05) is 0 Å². The molecule has 0 saturated heterocycles. The zero-order valence-electron chi connectivity index (χ0n) is 13.6. The molecule has 0 fully saturated rings. The first-order valence-electron chi connectivity index (χ1n) is 7.43. The molecule has 0 amide bonds. The third kappa shape index (κ3) is 3.54. The summed E-state index contributed by atoms with van der Waals surface area (Å²) in [6, 6.07) is 17.5. The molecule has 0 heterocycles. The van der Waals surface area contributed by atoms with E-state index in [0.717, 1.165) is 0 Å². The van der Waals surface area contributed by atoms with Gasteiger partial charge < -0.3 is 34.0 Å². The van der Waals surface area contributed by atoms with Crippen molar-refractivity contribution in [2.24, 2.45) is 0 Å². The second kappa shape index (κ2) is 8.74. The molecule has 2 aromatic carbocycles. The van der Waals surface area contributed by atoms with Crippen LogP contribution in [0, 0.1) is 6.08 Å². The molecule has 0 unspecified atom stereocenters. The Balaban J connectivity index is 0.000000960. The van der Waals surface area contributed by atoms with Crippen LogP contribution < -0.4 is 34.0 Å². The molecular weight excluding hydrogens is 503 g/mol. The van der Waals surface area contributed by atoms with E-state index in [0.29, 0.717) is 5.92 Å². The first-order chi connectivity index (χ1) is 10.3. The SMILES string of the molecule is CC(C)=C1[C-]=C(C2c3ccccc3-c3ccccc32)C=C1.[Br-].[Br-].[Zr+3]. The van der Waals surface area contributed by atoms with Gasteiger partial charge in [0, 0.05) is 5.92 Å². The van der Waals surface area contributed by atoms with E-state index in [1.165, 1.54) is 39.0 Å². The standard InChI is InChI=1S/C21H17.2BrH.Zr/c1-14(2)15-11-12-16(13-15)21-19-9-5-3-7-17(19)18-8-4-6-10-20(18)21;;;/h3-12,21H,1-2H3;2*1H;/q-1;;;+3/p-2. The van der Waals surface area contributed by atoms with Crippen molar-refractivity contribution < 1.29 is 60.2 Å². The number of fused-ring (bicyclic) bond motifs is 3. The fraction of sp³-hybridized carbons (Fsp3) is 0.143. The van der Waals surface area contributed by atoms with Crippen molar-refractivity contribution >= 4 is 0 Å². The summed E-state index contributed by atoms with van der Waals surface area (Å²) in [6.45, 7) is 4.29. The molecule has 2 aliphatic carbocycles. The molecule has 3 heteroatoms. The monoisotopic (exact) mass is 517 g/mol. The van der Waals surface area contributed by atoms with Crippen molar-refractivity contribution in [2.75, 3.05) is 0 Å². The predicted molar refractivity (Wildman–Crippen MR) is 88.0 cm³/mol. The minimum absolute atomic E-state index is 0. The number of rotatable bonds is 1. The third-order valence-corrected chi connectivity index (χ3v) is 4.39. The smallest absolute Gasteiger partial charge is 1.00 e. The fourth-order valence-electron chi connectivity index (χ4n) is 3.36. The molecule has 0 bridgehead atoms. The van der Waals surface area contributed by atoms with E-state index in [-0.39, 0.29) is 60.2 Å². The van der Waals surface area contributed by atoms with Crippen molar-refractivity contribution in [3.63, 3.8) is 0 Å². The summed E-state index contributed by atoms with van der Waals surface area (Å²) >= 11 is 0. The van der Waals surface area contributed by atoms with Gasteiger partial charge in [0.05, 0.1) is 0 Å². The fourth-order valence-corrected chi connectivity index (χ4v) is 3.36. The average Bonchev–Trinajstić information content (AvgIpc) is 3.09. The summed E-state index contributed by atoms with van der Waals surface area (Å²) in [5.74, 6) is 0.325. The quantitative estimate of drug-likeness (QED) is 0.443. The van der Waals surface area contributed by atoms with Crippen molar-refractivity contribution in [3.8, 4) is 11.1 Å². The van der Waals surface area contributed by atoms with E-state index in [9.17, 15) is 0 Å². The van der Waals surface area contributed by atoms with E-state index < -0.39 is 0 Å². The summed E-state index contributed by atoms with van der Waals surface area (Å²) in [5.41, 5.74) is 9.37. The van der Waals surface area contributed by atoms with E-state index in [1.54, 1.807) is 0 Å². The molecule has 0 spiro atoms. The van der Waals surface area contributed by atoms with Gasteiger partial charge in [-0.25, -0.2) is 0 Å². The number of halogens is 2. The van der Waals surface area contributed by atoms with Gasteiger partial charge in [0.25, 0.3) is 0 Å². The molecule has 119 valence electrons. The van der Waals surface area contributed by atoms with Crippen LogP contribution in [0.3, 0.4) is 0 Å². The number of benzene rings is 2. The molecule has 2 aromatic rings. The van der Waals surface area contributed by atoms with E-state index in [4.69, 9.17) is 0 Å². The Hall–Kier alpha value is -0.497. The summed E-state index contributed by atoms with van der Waals surface area (Å²) in [7, 11) is 0. The van der Waals surface area contributed by atoms with Gasteiger partial charge >= 0.3 is 26.2 Å². The molecule has 0 N–H and O–H groups in total. The van der Waals surface area contributed by atoms with Gasteiger partial charge in [-0.3, -0.25) is 0 Å². The van der Waals surface area contributed by atoms with Crippen LogP contribution in [0.4, 0.5) is 0 Å². The summed E-state index contributed by atoms with van der Waals surface area (Å²) in [6.07, 6.45) is 8.02. The van der Waals surface area contributed by atoms with Crippen LogP contribution in [0.5, 0.6) is 0 Å². The molecule has 0 aliphatic heterocycles. The molecule has 0 aromatic heterocycles. The van der Waals surface area contributed by atoms with Crippen LogP contribution in [0.2, 0.25) is 0 Å². The van der Waals surface area contributed by atoms with Crippen LogP contribution in [0.1, 0.15) is 30.9 Å². The molecule has 2 aliphatic rings. The normalized spacial score (nSPS) is 13.9. The zero-order valence-corrected chi connectivity index (χ0v) is 19.2. The molecule has 0 nitrogen and oxygen atoms in total. The molecule has 24 heavy (non-hydrogen) atoms. The largest absolute Gasteiger partial charge is 3.00 e. The third-order valence-electron chi connectivity index (χ3n) is 4.39. The van der Waals surface area contributed by atoms with Crippen molar-refractivity contribution in [1.82, 2.24) is 0 Å². The number of allylic oxidation sites excluding steroid dienone is 6. The average molecular weight is 520 g/mol. The Morgan fingerprint density at radius 2 is 1.29 bits per heavy atom. The van der Waals surface area contributed by atoms with Gasteiger partial charge in [0.2, 0.25) is 0 Å². The minimum atomic E-state index is 0. The maximum absolute atomic E-state index is 3.60. The van der Waals surface area contributed by atoms with Crippen LogP contribution in [-0.4, -0.2) is 0 Å². The van der Waals surface area contributed by atoms with Gasteiger partial charge in [-0.1, -0.05) is 62.4 Å². The van der Waals surface area contributed by atoms with Gasteiger partial charge in [-0.2, -0.15) is 17.7 Å². The second-order valence-electron chi connectivity index (χ2n) is 5.93. The van der Waals surface area contributed by atoms with Crippen molar-refractivity contribution in [1.29, 1.82) is 0 Å². The second-order valence-corrected chi connectivity index (χ2v) is 5.93. The first-order valence-corrected chi connectivity index (χ1v) is 7.43. The Labute approximate surface area is 184 Å². The number of hydrogen-bond donors (Lipinski definition) is 0. The molecule has 1 radical (unpaired) electrons. The van der Waals surface area contributed by atoms with Gasteiger partial charge in [0.15, 0.2) is 0 Å². The van der Waals surface area contributed by atoms with Crippen LogP contribution in [0.25, 0.3) is 11.1 Å². The van der Waals surface area contributed by atoms with Gasteiger partial charge in [0.1, 0.15) is 0 Å². The van der Waals surface area contributed by atoms with Crippen LogP contribution in [0.15, 0.2) is 77.4 Å². The van der Waals surface area contributed by atoms with Gasteiger partial charge in [-0.05, 0) is 22.3 Å². The molecule has 0 atom stereocenters. The molecular formula is C21H17Br2Zr. The Bertz CT molecular complexity index is 782. The van der Waals surface area contributed by atoms with Crippen molar-refractivity contribution in [2.45, 2.75) is 19.8 Å². The number of hydrogen-bond acceptors (Lipinski definition) is 0. The molecule has 0 saturated carbocycles. The summed E-state index contributed by atoms with van der Waals surface area (Å²) in [5, 5.41) is 0. The maximum Gasteiger partial charge on any atom is 3.00 e. The van der Waals surface area contributed by atoms with Gasteiger partial charge in [-0.15, -0.1) is 17.2 Å². The predicted octanol–water partition coefficient (Wildman–Crippen LogP) is -0.560. The Morgan fingerprint density at radius 1 is 0.792 bits per heavy atom. The zero-order chi connectivity index (χ0) is 14.4. The Morgan fingerprint density at radius 3 is 1.75 bits per heavy atom.